The summed E-state index contributed by atoms with van der Waals surface area (Å²) in [4.78, 5) is 15.8. The summed E-state index contributed by atoms with van der Waals surface area (Å²) in [6.07, 6.45) is -0.748. The molecule has 2 N–H and O–H groups in total. The number of carbonyl (C=O) groups excluding carboxylic acids is 1. The number of halogens is 3. The minimum Gasteiger partial charge on any atom is -0.439 e. The van der Waals surface area contributed by atoms with Gasteiger partial charge in [-0.15, -0.1) is 0 Å². The highest BCUT2D eigenvalue weighted by atomic mass is 19.4. The number of alkyl halides is 3. The number of hydrogen-bond donors (Lipinski definition) is 2. The third-order valence-corrected chi connectivity index (χ3v) is 4.04. The molecule has 0 saturated carbocycles. The van der Waals surface area contributed by atoms with Crippen LogP contribution in [0, 0.1) is 0 Å². The van der Waals surface area contributed by atoms with E-state index in [1.807, 2.05) is 0 Å². The number of rotatable bonds is 5. The van der Waals surface area contributed by atoms with Gasteiger partial charge in [-0.25, -0.2) is 4.98 Å². The van der Waals surface area contributed by atoms with E-state index in [0.29, 0.717) is 24.1 Å². The summed E-state index contributed by atoms with van der Waals surface area (Å²) in [5, 5.41) is 6.07. The fourth-order valence-corrected chi connectivity index (χ4v) is 2.53. The summed E-state index contributed by atoms with van der Waals surface area (Å²) >= 11 is 0. The molecule has 5 nitrogen and oxygen atoms in total. The third kappa shape index (κ3) is 5.30. The number of carbonyl (C=O) groups is 1. The molecule has 1 aliphatic rings. The van der Waals surface area contributed by atoms with Crippen molar-refractivity contribution >= 4 is 5.91 Å². The van der Waals surface area contributed by atoms with Gasteiger partial charge in [-0.05, 0) is 43.3 Å². The molecular formula is C19H18F3N3O2. The average Bonchev–Trinajstić information content (AvgIpc) is 2.67. The first-order valence-corrected chi connectivity index (χ1v) is 8.40. The van der Waals surface area contributed by atoms with Crippen LogP contribution >= 0.6 is 0 Å². The Kier molecular flexibility index (Phi) is 5.75. The Bertz CT molecular complexity index is 816. The molecule has 0 spiro atoms. The number of pyridine rings is 1. The zero-order valence-electron chi connectivity index (χ0n) is 14.3. The summed E-state index contributed by atoms with van der Waals surface area (Å²) in [5.41, 5.74) is 0.818. The Morgan fingerprint density at radius 1 is 1.19 bits per heavy atom. The molecule has 142 valence electrons. The molecule has 0 atom stereocenters. The molecule has 0 radical (unpaired) electrons. The van der Waals surface area contributed by atoms with E-state index in [2.05, 4.69) is 21.7 Å². The monoisotopic (exact) mass is 377 g/mol. The van der Waals surface area contributed by atoms with Crippen molar-refractivity contribution in [3.05, 3.63) is 65.4 Å². The van der Waals surface area contributed by atoms with Gasteiger partial charge in [0.25, 0.3) is 5.91 Å². The Balaban J connectivity index is 1.56. The van der Waals surface area contributed by atoms with Crippen molar-refractivity contribution in [2.24, 2.45) is 0 Å². The van der Waals surface area contributed by atoms with E-state index >= 15 is 0 Å². The van der Waals surface area contributed by atoms with E-state index in [0.717, 1.165) is 31.6 Å². The molecule has 2 heterocycles. The SMILES string of the molecule is O=C(NCC1=CCNCC1)c1ccc(Oc2ccc(C(F)(F)F)cn2)cc1. The lowest BCUT2D eigenvalue weighted by atomic mass is 10.1. The maximum Gasteiger partial charge on any atom is 0.417 e. The lowest BCUT2D eigenvalue weighted by Gasteiger charge is -2.14. The molecule has 8 heteroatoms. The predicted molar refractivity (Wildman–Crippen MR) is 93.7 cm³/mol. The van der Waals surface area contributed by atoms with E-state index < -0.39 is 11.7 Å². The van der Waals surface area contributed by atoms with Crippen LogP contribution in [0.15, 0.2) is 54.2 Å². The van der Waals surface area contributed by atoms with Crippen LogP contribution in [0.5, 0.6) is 11.6 Å². The minimum absolute atomic E-state index is 0.0399. The predicted octanol–water partition coefficient (Wildman–Crippen LogP) is 3.54. The van der Waals surface area contributed by atoms with Gasteiger partial charge in [-0.3, -0.25) is 4.79 Å². The first-order valence-electron chi connectivity index (χ1n) is 8.40. The van der Waals surface area contributed by atoms with Crippen molar-refractivity contribution in [1.29, 1.82) is 0 Å². The van der Waals surface area contributed by atoms with E-state index in [4.69, 9.17) is 4.74 Å². The Morgan fingerprint density at radius 3 is 2.56 bits per heavy atom. The lowest BCUT2D eigenvalue weighted by Crippen LogP contribution is -2.29. The normalized spacial score (nSPS) is 14.4. The summed E-state index contributed by atoms with van der Waals surface area (Å²) < 4.78 is 43.0. The van der Waals surface area contributed by atoms with E-state index in [1.165, 1.54) is 5.57 Å². The fourth-order valence-electron chi connectivity index (χ4n) is 2.53. The smallest absolute Gasteiger partial charge is 0.417 e. The van der Waals surface area contributed by atoms with Crippen molar-refractivity contribution in [2.75, 3.05) is 19.6 Å². The van der Waals surface area contributed by atoms with Gasteiger partial charge in [-0.1, -0.05) is 11.6 Å². The van der Waals surface area contributed by atoms with Crippen molar-refractivity contribution in [1.82, 2.24) is 15.6 Å². The van der Waals surface area contributed by atoms with Gasteiger partial charge in [0.05, 0.1) is 5.56 Å². The molecule has 0 aliphatic carbocycles. The number of ether oxygens (including phenoxy) is 1. The second-order valence-corrected chi connectivity index (χ2v) is 6.01. The Hall–Kier alpha value is -2.87. The molecule has 0 bridgehead atoms. The van der Waals surface area contributed by atoms with Gasteiger partial charge in [0.15, 0.2) is 0 Å². The molecule has 0 unspecified atom stereocenters. The van der Waals surface area contributed by atoms with E-state index in [1.54, 1.807) is 24.3 Å². The average molecular weight is 377 g/mol. The minimum atomic E-state index is -4.44. The Labute approximate surface area is 154 Å². The van der Waals surface area contributed by atoms with Crippen LogP contribution < -0.4 is 15.4 Å². The third-order valence-electron chi connectivity index (χ3n) is 4.04. The number of amides is 1. The standard InChI is InChI=1S/C19H18F3N3O2/c20-19(21,22)15-3-6-17(24-12-15)27-16-4-1-14(2-5-16)18(26)25-11-13-7-9-23-10-8-13/h1-7,12,23H,8-11H2,(H,25,26). The summed E-state index contributed by atoms with van der Waals surface area (Å²) in [6.45, 7) is 2.23. The first-order chi connectivity index (χ1) is 12.9. The van der Waals surface area contributed by atoms with E-state index in [-0.39, 0.29) is 11.8 Å². The van der Waals surface area contributed by atoms with Gasteiger partial charge in [-0.2, -0.15) is 13.2 Å². The van der Waals surface area contributed by atoms with E-state index in [9.17, 15) is 18.0 Å². The van der Waals surface area contributed by atoms with Crippen LogP contribution in [0.2, 0.25) is 0 Å². The van der Waals surface area contributed by atoms with Gasteiger partial charge in [0.2, 0.25) is 5.88 Å². The topological polar surface area (TPSA) is 63.2 Å². The largest absolute Gasteiger partial charge is 0.439 e. The first kappa shape index (κ1) is 18.9. The molecule has 1 amide bonds. The highest BCUT2D eigenvalue weighted by Gasteiger charge is 2.30. The van der Waals surface area contributed by atoms with Gasteiger partial charge in [0.1, 0.15) is 5.75 Å². The highest BCUT2D eigenvalue weighted by Crippen LogP contribution is 2.30. The fraction of sp³-hybridized carbons (Fsp3) is 0.263. The summed E-state index contributed by atoms with van der Waals surface area (Å²) in [7, 11) is 0. The lowest BCUT2D eigenvalue weighted by molar-refractivity contribution is -0.137. The second-order valence-electron chi connectivity index (χ2n) is 6.01. The van der Waals surface area contributed by atoms with Crippen molar-refractivity contribution in [2.45, 2.75) is 12.6 Å². The molecule has 2 aromatic rings. The quantitative estimate of drug-likeness (QED) is 0.783. The Morgan fingerprint density at radius 2 is 1.96 bits per heavy atom. The number of nitrogens with zero attached hydrogens (tertiary/aromatic N) is 1. The zero-order chi connectivity index (χ0) is 19.3. The zero-order valence-corrected chi connectivity index (χ0v) is 14.3. The second kappa shape index (κ2) is 8.22. The number of benzene rings is 1. The summed E-state index contributed by atoms with van der Waals surface area (Å²) in [6, 6.07) is 8.36. The maximum absolute atomic E-state index is 12.5. The highest BCUT2D eigenvalue weighted by molar-refractivity contribution is 5.94. The molecule has 1 aromatic carbocycles. The molecule has 1 aliphatic heterocycles. The van der Waals surface area contributed by atoms with Gasteiger partial charge in [0, 0.05) is 30.9 Å². The van der Waals surface area contributed by atoms with Crippen molar-refractivity contribution in [3.63, 3.8) is 0 Å². The van der Waals surface area contributed by atoms with Crippen molar-refractivity contribution in [3.8, 4) is 11.6 Å². The number of aromatic nitrogens is 1. The maximum atomic E-state index is 12.5. The summed E-state index contributed by atoms with van der Waals surface area (Å²) in [5.74, 6) is 0.214. The molecule has 0 saturated heterocycles. The van der Waals surface area contributed by atoms with Crippen LogP contribution in [0.3, 0.4) is 0 Å². The molecule has 3 rings (SSSR count). The number of nitrogens with one attached hydrogen (secondary N) is 2. The van der Waals surface area contributed by atoms with Crippen LogP contribution in [-0.2, 0) is 6.18 Å². The van der Waals surface area contributed by atoms with Crippen LogP contribution in [0.1, 0.15) is 22.3 Å². The van der Waals surface area contributed by atoms with Crippen LogP contribution in [0.25, 0.3) is 0 Å². The molecule has 0 fully saturated rings. The number of hydrogen-bond acceptors (Lipinski definition) is 4. The molecular weight excluding hydrogens is 359 g/mol. The van der Waals surface area contributed by atoms with Gasteiger partial charge >= 0.3 is 6.18 Å². The van der Waals surface area contributed by atoms with Crippen LogP contribution in [0.4, 0.5) is 13.2 Å². The molecule has 1 aromatic heterocycles. The van der Waals surface area contributed by atoms with Gasteiger partial charge < -0.3 is 15.4 Å². The molecule has 27 heavy (non-hydrogen) atoms. The van der Waals surface area contributed by atoms with Crippen LogP contribution in [-0.4, -0.2) is 30.5 Å². The van der Waals surface area contributed by atoms with Crippen molar-refractivity contribution < 1.29 is 22.7 Å².